The summed E-state index contributed by atoms with van der Waals surface area (Å²) in [6, 6.07) is 11.8. The maximum absolute atomic E-state index is 5.23. The first kappa shape index (κ1) is 13.6. The van der Waals surface area contributed by atoms with Gasteiger partial charge >= 0.3 is 0 Å². The van der Waals surface area contributed by atoms with Crippen LogP contribution in [0.1, 0.15) is 5.69 Å². The van der Waals surface area contributed by atoms with Gasteiger partial charge in [-0.15, -0.1) is 0 Å². The van der Waals surface area contributed by atoms with Crippen LogP contribution in [0.5, 0.6) is 0 Å². The quantitative estimate of drug-likeness (QED) is 0.380. The first-order valence-corrected chi connectivity index (χ1v) is 5.11. The average molecular weight is 294 g/mol. The van der Waals surface area contributed by atoms with Crippen LogP contribution < -0.4 is 11.2 Å². The second-order valence-corrected chi connectivity index (χ2v) is 3.60. The van der Waals surface area contributed by atoms with E-state index in [0.29, 0.717) is 0 Å². The van der Waals surface area contributed by atoms with Gasteiger partial charge in [0.05, 0.1) is 17.4 Å². The van der Waals surface area contributed by atoms with Gasteiger partial charge in [0.15, 0.2) is 5.11 Å². The Morgan fingerprint density at radius 3 is 2.82 bits per heavy atom. The zero-order chi connectivity index (χ0) is 11.4. The van der Waals surface area contributed by atoms with Crippen LogP contribution in [0, 0.1) is 0 Å². The minimum Gasteiger partial charge on any atom is -0.375 e. The molecule has 0 atom stereocenters. The summed E-state index contributed by atoms with van der Waals surface area (Å²) in [5.41, 5.74) is 9.40. The first-order valence-electron chi connectivity index (χ1n) is 4.70. The number of nitrogens with zero attached hydrogens (tertiary/aromatic N) is 2. The molecule has 0 aliphatic rings. The molecule has 17 heavy (non-hydrogen) atoms. The summed E-state index contributed by atoms with van der Waals surface area (Å²) < 4.78 is 0. The van der Waals surface area contributed by atoms with Gasteiger partial charge in [0.2, 0.25) is 0 Å². The first-order chi connectivity index (χ1) is 7.75. The Labute approximate surface area is 115 Å². The van der Waals surface area contributed by atoms with Gasteiger partial charge in [-0.25, -0.2) is 4.98 Å². The maximum Gasteiger partial charge on any atom is 0.184 e. The molecule has 6 heteroatoms. The van der Waals surface area contributed by atoms with Gasteiger partial charge in [-0.3, -0.25) is 5.43 Å². The maximum atomic E-state index is 5.23. The second-order valence-electron chi connectivity index (χ2n) is 3.16. The fourth-order valence-corrected chi connectivity index (χ4v) is 1.37. The van der Waals surface area contributed by atoms with E-state index < -0.39 is 0 Å². The van der Waals surface area contributed by atoms with E-state index in [0.717, 1.165) is 16.6 Å². The van der Waals surface area contributed by atoms with Gasteiger partial charge in [-0.1, -0.05) is 24.3 Å². The van der Waals surface area contributed by atoms with Crippen LogP contribution in [0.25, 0.3) is 10.9 Å². The molecule has 0 unspecified atom stereocenters. The predicted octanol–water partition coefficient (Wildman–Crippen LogP) is 1.40. The van der Waals surface area contributed by atoms with E-state index in [2.05, 4.69) is 27.7 Å². The molecule has 0 amide bonds. The summed E-state index contributed by atoms with van der Waals surface area (Å²) in [6.45, 7) is 0. The molecule has 1 aromatic heterocycles. The molecule has 0 saturated carbocycles. The fraction of sp³-hybridized carbons (Fsp3) is 0. The van der Waals surface area contributed by atoms with Gasteiger partial charge in [-0.05, 0) is 24.4 Å². The molecule has 0 fully saturated rings. The van der Waals surface area contributed by atoms with Gasteiger partial charge in [0.1, 0.15) is 0 Å². The van der Waals surface area contributed by atoms with Crippen LogP contribution in [-0.4, -0.2) is 16.3 Å². The molecule has 4 nitrogen and oxygen atoms in total. The standard InChI is InChI=1S/C11H10N4S.Cu/c12-11(16)15-13-7-9-6-5-8-3-1-2-4-10(8)14-9;/h1-7H,(H3,12,15,16);. The Morgan fingerprint density at radius 1 is 1.29 bits per heavy atom. The third kappa shape index (κ3) is 3.78. The molecular formula is C11H10CuN4S. The van der Waals surface area contributed by atoms with Crippen LogP contribution in [0.2, 0.25) is 0 Å². The van der Waals surface area contributed by atoms with E-state index in [1.807, 2.05) is 36.4 Å². The predicted molar refractivity (Wildman–Crippen MR) is 69.3 cm³/mol. The van der Waals surface area contributed by atoms with Gasteiger partial charge < -0.3 is 5.73 Å². The Kier molecular flexibility index (Phi) is 5.03. The van der Waals surface area contributed by atoms with Crippen molar-refractivity contribution in [2.45, 2.75) is 0 Å². The number of fused-ring (bicyclic) bond motifs is 1. The second kappa shape index (κ2) is 6.30. The minimum atomic E-state index is 0. The number of rotatable bonds is 2. The number of hydrazone groups is 1. The van der Waals surface area contributed by atoms with Crippen molar-refractivity contribution in [1.29, 1.82) is 0 Å². The average Bonchev–Trinajstić information content (AvgIpc) is 2.28. The number of para-hydroxylation sites is 1. The van der Waals surface area contributed by atoms with Crippen LogP contribution in [0.4, 0.5) is 0 Å². The van der Waals surface area contributed by atoms with E-state index >= 15 is 0 Å². The number of hydrogen-bond acceptors (Lipinski definition) is 3. The molecule has 91 valence electrons. The largest absolute Gasteiger partial charge is 0.375 e. The number of thiocarbonyl (C=S) groups is 1. The minimum absolute atomic E-state index is 0. The van der Waals surface area contributed by atoms with Gasteiger partial charge in [0.25, 0.3) is 0 Å². The summed E-state index contributed by atoms with van der Waals surface area (Å²) >= 11 is 4.62. The summed E-state index contributed by atoms with van der Waals surface area (Å²) in [6.07, 6.45) is 1.58. The van der Waals surface area contributed by atoms with E-state index in [9.17, 15) is 0 Å². The Bertz CT molecular complexity index is 556. The molecule has 0 bridgehead atoms. The normalized spacial score (nSPS) is 10.1. The molecule has 1 heterocycles. The van der Waals surface area contributed by atoms with Gasteiger partial charge in [0, 0.05) is 22.5 Å². The number of hydrogen-bond donors (Lipinski definition) is 2. The Balaban J connectivity index is 0.00000144. The molecule has 0 spiro atoms. The van der Waals surface area contributed by atoms with Gasteiger partial charge in [-0.2, -0.15) is 5.10 Å². The van der Waals surface area contributed by atoms with Crippen molar-refractivity contribution in [1.82, 2.24) is 10.4 Å². The molecule has 3 N–H and O–H groups in total. The fourth-order valence-electron chi connectivity index (χ4n) is 1.32. The monoisotopic (exact) mass is 293 g/mol. The summed E-state index contributed by atoms with van der Waals surface area (Å²) in [4.78, 5) is 4.40. The number of aromatic nitrogens is 1. The number of pyridine rings is 1. The van der Waals surface area contributed by atoms with Crippen LogP contribution >= 0.6 is 12.2 Å². The SMILES string of the molecule is NC(=S)NN=Cc1ccc2ccccc2n1.[Cu]. The third-order valence-electron chi connectivity index (χ3n) is 1.99. The zero-order valence-electron chi connectivity index (χ0n) is 8.72. The molecular weight excluding hydrogens is 284 g/mol. The molecule has 2 aromatic rings. The van der Waals surface area contributed by atoms with E-state index in [4.69, 9.17) is 5.73 Å². The van der Waals surface area contributed by atoms with E-state index in [1.165, 1.54) is 0 Å². The van der Waals surface area contributed by atoms with E-state index in [-0.39, 0.29) is 22.2 Å². The van der Waals surface area contributed by atoms with Crippen molar-refractivity contribution in [3.05, 3.63) is 42.1 Å². The van der Waals surface area contributed by atoms with Crippen molar-refractivity contribution in [2.75, 3.05) is 0 Å². The van der Waals surface area contributed by atoms with Crippen molar-refractivity contribution in [3.63, 3.8) is 0 Å². The van der Waals surface area contributed by atoms with Crippen LogP contribution in [0.15, 0.2) is 41.5 Å². The third-order valence-corrected chi connectivity index (χ3v) is 2.08. The van der Waals surface area contributed by atoms with Crippen molar-refractivity contribution in [2.24, 2.45) is 10.8 Å². The molecule has 2 rings (SSSR count). The van der Waals surface area contributed by atoms with Crippen molar-refractivity contribution < 1.29 is 17.1 Å². The molecule has 0 aliphatic heterocycles. The Hall–Kier alpha value is -1.49. The molecule has 0 aliphatic carbocycles. The van der Waals surface area contributed by atoms with Crippen LogP contribution in [-0.2, 0) is 17.1 Å². The molecule has 1 aromatic carbocycles. The molecule has 1 radical (unpaired) electrons. The van der Waals surface area contributed by atoms with Crippen molar-refractivity contribution in [3.8, 4) is 0 Å². The summed E-state index contributed by atoms with van der Waals surface area (Å²) in [5.74, 6) is 0. The Morgan fingerprint density at radius 2 is 2.06 bits per heavy atom. The number of nitrogens with two attached hydrogens (primary N) is 1. The molecule has 0 saturated heterocycles. The van der Waals surface area contributed by atoms with E-state index in [1.54, 1.807) is 6.21 Å². The van der Waals surface area contributed by atoms with Crippen molar-refractivity contribution >= 4 is 34.4 Å². The number of benzene rings is 1. The number of nitrogens with one attached hydrogen (secondary N) is 1. The zero-order valence-corrected chi connectivity index (χ0v) is 10.5. The smallest absolute Gasteiger partial charge is 0.184 e. The van der Waals surface area contributed by atoms with Crippen LogP contribution in [0.3, 0.4) is 0 Å². The topological polar surface area (TPSA) is 63.3 Å². The summed E-state index contributed by atoms with van der Waals surface area (Å²) in [5, 5.41) is 5.08. The summed E-state index contributed by atoms with van der Waals surface area (Å²) in [7, 11) is 0.